The zero-order chi connectivity index (χ0) is 7.70. The van der Waals surface area contributed by atoms with Crippen LogP contribution in [0.1, 0.15) is 6.42 Å². The van der Waals surface area contributed by atoms with Crippen molar-refractivity contribution in [3.8, 4) is 0 Å². The molecule has 0 unspecified atom stereocenters. The van der Waals surface area contributed by atoms with Crippen LogP contribution in [0.25, 0.3) is 0 Å². The summed E-state index contributed by atoms with van der Waals surface area (Å²) in [5.74, 6) is 0. The van der Waals surface area contributed by atoms with Crippen LogP contribution < -0.4 is 5.73 Å². The molecule has 0 aliphatic rings. The van der Waals surface area contributed by atoms with Gasteiger partial charge in [-0.25, -0.2) is 0 Å². The first-order chi connectivity index (χ1) is 4.15. The predicted octanol–water partition coefficient (Wildman–Crippen LogP) is -0.717. The van der Waals surface area contributed by atoms with Crippen LogP contribution in [0.2, 0.25) is 0.515 Å². The SMILES string of the molecule is NCC[CH2][K].O=[PH](O)O. The molecule has 0 bridgehead atoms. The average molecular weight is 179 g/mol. The Kier molecular flexibility index (Phi) is 18.4. The van der Waals surface area contributed by atoms with Gasteiger partial charge in [-0.2, -0.15) is 0 Å². The summed E-state index contributed by atoms with van der Waals surface area (Å²) in [4.78, 5) is 14.3. The maximum absolute atomic E-state index is 8.74. The van der Waals surface area contributed by atoms with E-state index in [9.17, 15) is 0 Å². The Morgan fingerprint density at radius 3 is 1.89 bits per heavy atom. The summed E-state index contributed by atoms with van der Waals surface area (Å²) in [6, 6.07) is 0. The second-order valence-electron chi connectivity index (χ2n) is 1.42. The minimum absolute atomic E-state index is 0.891. The third-order valence-electron chi connectivity index (χ3n) is 0.558. The molecule has 0 aliphatic heterocycles. The monoisotopic (exact) mass is 179 g/mol. The van der Waals surface area contributed by atoms with Gasteiger partial charge in [0.05, 0.1) is 0 Å². The maximum Gasteiger partial charge on any atom is 0.314 e. The summed E-state index contributed by atoms with van der Waals surface area (Å²) in [7, 11) is -3.13. The Balaban J connectivity index is 0. The van der Waals surface area contributed by atoms with Gasteiger partial charge in [-0.05, 0) is 0 Å². The van der Waals surface area contributed by atoms with Crippen molar-refractivity contribution in [1.82, 2.24) is 0 Å². The summed E-state index contributed by atoms with van der Waals surface area (Å²) in [6.45, 7) is 0.891. The van der Waals surface area contributed by atoms with Gasteiger partial charge in [-0.1, -0.05) is 0 Å². The van der Waals surface area contributed by atoms with Crippen LogP contribution in [-0.4, -0.2) is 65.3 Å². The van der Waals surface area contributed by atoms with Gasteiger partial charge in [0.25, 0.3) is 0 Å². The Morgan fingerprint density at radius 2 is 1.89 bits per heavy atom. The zero-order valence-electron chi connectivity index (χ0n) is 5.50. The van der Waals surface area contributed by atoms with Crippen molar-refractivity contribution in [3.05, 3.63) is 0 Å². The second kappa shape index (κ2) is 12.4. The van der Waals surface area contributed by atoms with Crippen LogP contribution in [0.4, 0.5) is 0 Å². The molecule has 0 aromatic rings. The van der Waals surface area contributed by atoms with E-state index in [1.165, 1.54) is 6.94 Å². The van der Waals surface area contributed by atoms with Crippen molar-refractivity contribution in [3.63, 3.8) is 0 Å². The zero-order valence-corrected chi connectivity index (χ0v) is 9.62. The average Bonchev–Trinajstić information content (AvgIpc) is 1.66. The second-order valence-corrected chi connectivity index (χ2v) is 3.55. The van der Waals surface area contributed by atoms with E-state index < -0.39 is 8.25 Å². The van der Waals surface area contributed by atoms with Gasteiger partial charge in [0, 0.05) is 0 Å². The third kappa shape index (κ3) is 41.7. The molecular weight excluding hydrogens is 168 g/mol. The van der Waals surface area contributed by atoms with Crippen molar-refractivity contribution in [2.45, 2.75) is 6.94 Å². The number of nitrogens with two attached hydrogens (primary N) is 1. The van der Waals surface area contributed by atoms with Gasteiger partial charge in [0.15, 0.2) is 0 Å². The van der Waals surface area contributed by atoms with Crippen molar-refractivity contribution in [2.75, 3.05) is 6.54 Å². The Morgan fingerprint density at radius 1 is 1.56 bits per heavy atom. The molecule has 0 rings (SSSR count). The van der Waals surface area contributed by atoms with E-state index in [2.05, 4.69) is 0 Å². The Labute approximate surface area is 89.4 Å². The Bertz CT molecular complexity index is 66.1. The molecule has 0 atom stereocenters. The van der Waals surface area contributed by atoms with Gasteiger partial charge < -0.3 is 9.79 Å². The van der Waals surface area contributed by atoms with Crippen LogP contribution in [0.5, 0.6) is 0 Å². The fourth-order valence-corrected chi connectivity index (χ4v) is 0.842. The molecular formula is C3H11KNO3P. The van der Waals surface area contributed by atoms with E-state index in [0.29, 0.717) is 0 Å². The molecule has 0 aromatic heterocycles. The van der Waals surface area contributed by atoms with Crippen LogP contribution >= 0.6 is 8.25 Å². The van der Waals surface area contributed by atoms with E-state index in [4.69, 9.17) is 20.1 Å². The van der Waals surface area contributed by atoms with E-state index >= 15 is 0 Å². The van der Waals surface area contributed by atoms with Crippen LogP contribution in [0.3, 0.4) is 0 Å². The molecule has 0 saturated carbocycles. The van der Waals surface area contributed by atoms with Crippen molar-refractivity contribution < 1.29 is 14.4 Å². The molecule has 9 heavy (non-hydrogen) atoms. The fourth-order valence-electron chi connectivity index (χ4n) is 0.204. The van der Waals surface area contributed by atoms with E-state index in [0.717, 1.165) is 55.5 Å². The molecule has 4 N–H and O–H groups in total. The minimum atomic E-state index is -3.13. The minimum Gasteiger partial charge on any atom is -0.326 e. The van der Waals surface area contributed by atoms with Gasteiger partial charge >= 0.3 is 76.4 Å². The van der Waals surface area contributed by atoms with Crippen molar-refractivity contribution in [1.29, 1.82) is 0 Å². The molecule has 52 valence electrons. The van der Waals surface area contributed by atoms with Crippen LogP contribution in [-0.2, 0) is 4.57 Å². The molecule has 0 amide bonds. The first kappa shape index (κ1) is 13.3. The number of hydrogen-bond donors (Lipinski definition) is 3. The molecule has 4 nitrogen and oxygen atoms in total. The topological polar surface area (TPSA) is 83.6 Å². The quantitative estimate of drug-likeness (QED) is 0.386. The summed E-state index contributed by atoms with van der Waals surface area (Å²) in [5, 5.41) is 0. The number of rotatable bonds is 2. The molecule has 0 spiro atoms. The number of hydrogen-bond acceptors (Lipinski definition) is 2. The summed E-state index contributed by atoms with van der Waals surface area (Å²) in [5.41, 5.74) is 5.17. The van der Waals surface area contributed by atoms with Gasteiger partial charge in [0.1, 0.15) is 0 Å². The molecule has 6 heteroatoms. The summed E-state index contributed by atoms with van der Waals surface area (Å²) < 4.78 is 10.1. The summed E-state index contributed by atoms with van der Waals surface area (Å²) >= 11 is 1.03. The first-order valence-corrected chi connectivity index (χ1v) is 6.28. The smallest absolute Gasteiger partial charge is 0.314 e. The molecule has 0 fully saturated rings. The van der Waals surface area contributed by atoms with E-state index in [-0.39, 0.29) is 0 Å². The fraction of sp³-hybridized carbons (Fsp3) is 1.00. The van der Waals surface area contributed by atoms with Gasteiger partial charge in [-0.3, -0.25) is 4.57 Å². The van der Waals surface area contributed by atoms with Crippen molar-refractivity contribution >= 4 is 57.2 Å². The standard InChI is InChI=1S/C3H8N.K.H3O3P/c1-2-3-4;;1-4(2)3/h1-4H2;;4H,(H2,1,2,3). The normalized spacial score (nSPS) is 8.67. The Hall–Kier alpha value is 1.75. The first-order valence-electron chi connectivity index (χ1n) is 2.77. The van der Waals surface area contributed by atoms with Crippen LogP contribution in [0.15, 0.2) is 0 Å². The van der Waals surface area contributed by atoms with Crippen molar-refractivity contribution in [2.24, 2.45) is 5.73 Å². The van der Waals surface area contributed by atoms with Gasteiger partial charge in [-0.15, -0.1) is 0 Å². The third-order valence-corrected chi connectivity index (χ3v) is 1.66. The van der Waals surface area contributed by atoms with Gasteiger partial charge in [0.2, 0.25) is 0 Å². The molecule has 0 aliphatic carbocycles. The van der Waals surface area contributed by atoms with E-state index in [1.54, 1.807) is 0 Å². The molecule has 0 heterocycles. The molecule has 0 saturated heterocycles. The summed E-state index contributed by atoms with van der Waals surface area (Å²) in [6.07, 6.45) is 1.25. The largest absolute Gasteiger partial charge is 0.326 e. The maximum atomic E-state index is 8.74. The molecule has 0 aromatic carbocycles. The predicted molar refractivity (Wildman–Crippen MR) is 37.7 cm³/mol. The van der Waals surface area contributed by atoms with Crippen LogP contribution in [0, 0.1) is 0 Å². The molecule has 0 radical (unpaired) electrons. The van der Waals surface area contributed by atoms with E-state index in [1.807, 2.05) is 0 Å².